The van der Waals surface area contributed by atoms with Gasteiger partial charge in [0, 0.05) is 23.6 Å². The van der Waals surface area contributed by atoms with Crippen LogP contribution in [0.25, 0.3) is 0 Å². The molecule has 0 unspecified atom stereocenters. The number of imide groups is 2. The number of carbonyl (C=O) groups is 4. The summed E-state index contributed by atoms with van der Waals surface area (Å²) >= 11 is 1.29. The summed E-state index contributed by atoms with van der Waals surface area (Å²) in [5.74, 6) is -1.73. The van der Waals surface area contributed by atoms with Crippen LogP contribution in [0.15, 0.2) is 51.9 Å². The summed E-state index contributed by atoms with van der Waals surface area (Å²) in [4.78, 5) is 55.1. The number of para-hydroxylation sites is 1. The van der Waals surface area contributed by atoms with Crippen LogP contribution in [-0.4, -0.2) is 59.9 Å². The molecule has 2 aliphatic heterocycles. The van der Waals surface area contributed by atoms with Crippen LogP contribution in [0, 0.1) is 0 Å². The number of fused-ring (bicyclic) bond motifs is 1. The molecule has 3 rings (SSSR count). The molecule has 0 atom stereocenters. The second-order valence-corrected chi connectivity index (χ2v) is 7.73. The van der Waals surface area contributed by atoms with E-state index in [0.717, 1.165) is 20.4 Å². The first-order chi connectivity index (χ1) is 14.3. The van der Waals surface area contributed by atoms with Crippen molar-refractivity contribution in [2.45, 2.75) is 25.7 Å². The van der Waals surface area contributed by atoms with Crippen molar-refractivity contribution in [1.29, 1.82) is 0 Å². The Morgan fingerprint density at radius 2 is 1.63 bits per heavy atom. The number of carbonyl (C=O) groups excluding carboxylic acids is 4. The molecular formula is C21H23N3O5S. The molecule has 2 aliphatic rings. The number of esters is 1. The van der Waals surface area contributed by atoms with E-state index in [1.54, 1.807) is 25.7 Å². The second-order valence-electron chi connectivity index (χ2n) is 6.70. The molecule has 1 saturated heterocycles. The van der Waals surface area contributed by atoms with Crippen LogP contribution in [0.5, 0.6) is 0 Å². The van der Waals surface area contributed by atoms with Crippen LogP contribution >= 0.6 is 11.8 Å². The highest BCUT2D eigenvalue weighted by Gasteiger charge is 2.44. The molecule has 0 aliphatic carbocycles. The van der Waals surface area contributed by atoms with E-state index in [-0.39, 0.29) is 37.4 Å². The Hall–Kier alpha value is -3.07. The van der Waals surface area contributed by atoms with Crippen LogP contribution in [0.3, 0.4) is 0 Å². The summed E-state index contributed by atoms with van der Waals surface area (Å²) in [5, 5.41) is 0.432. The monoisotopic (exact) mass is 429 g/mol. The van der Waals surface area contributed by atoms with E-state index in [4.69, 9.17) is 4.74 Å². The number of hydrogen-bond acceptors (Lipinski definition) is 7. The van der Waals surface area contributed by atoms with Crippen molar-refractivity contribution in [3.8, 4) is 0 Å². The Bertz CT molecular complexity index is 943. The SMILES string of the molecule is C=C(C)C(=O)OCCN1C(=C2C(=O)N(CC)C(=O)N(CC)C2=O)Sc2ccccc21. The third-order valence-corrected chi connectivity index (χ3v) is 5.91. The van der Waals surface area contributed by atoms with Crippen molar-refractivity contribution in [3.05, 3.63) is 47.0 Å². The number of barbiturate groups is 1. The molecule has 4 amide bonds. The summed E-state index contributed by atoms with van der Waals surface area (Å²) in [6, 6.07) is 6.86. The molecule has 0 spiro atoms. The first kappa shape index (κ1) is 21.6. The van der Waals surface area contributed by atoms with E-state index in [0.29, 0.717) is 5.03 Å². The summed E-state index contributed by atoms with van der Waals surface area (Å²) < 4.78 is 5.21. The molecule has 0 radical (unpaired) electrons. The zero-order valence-corrected chi connectivity index (χ0v) is 18.0. The average Bonchev–Trinajstić information content (AvgIpc) is 3.06. The highest BCUT2D eigenvalue weighted by Crippen LogP contribution is 2.47. The lowest BCUT2D eigenvalue weighted by molar-refractivity contribution is -0.139. The maximum atomic E-state index is 13.1. The van der Waals surface area contributed by atoms with E-state index in [9.17, 15) is 19.2 Å². The van der Waals surface area contributed by atoms with Crippen LogP contribution in [0.4, 0.5) is 10.5 Å². The molecule has 8 nitrogen and oxygen atoms in total. The molecule has 0 aromatic heterocycles. The molecule has 0 bridgehead atoms. The van der Waals surface area contributed by atoms with Gasteiger partial charge in [0.15, 0.2) is 0 Å². The maximum Gasteiger partial charge on any atom is 0.333 e. The Kier molecular flexibility index (Phi) is 6.31. The highest BCUT2D eigenvalue weighted by molar-refractivity contribution is 8.03. The summed E-state index contributed by atoms with van der Waals surface area (Å²) in [7, 11) is 0. The van der Waals surface area contributed by atoms with Crippen molar-refractivity contribution >= 4 is 41.3 Å². The van der Waals surface area contributed by atoms with Crippen molar-refractivity contribution < 1.29 is 23.9 Å². The van der Waals surface area contributed by atoms with Crippen molar-refractivity contribution in [1.82, 2.24) is 9.80 Å². The van der Waals surface area contributed by atoms with Gasteiger partial charge in [-0.2, -0.15) is 0 Å². The Labute approximate surface area is 179 Å². The minimum Gasteiger partial charge on any atom is -0.460 e. The number of nitrogens with zero attached hydrogens (tertiary/aromatic N) is 3. The highest BCUT2D eigenvalue weighted by atomic mass is 32.2. The van der Waals surface area contributed by atoms with Gasteiger partial charge in [-0.1, -0.05) is 30.5 Å². The average molecular weight is 429 g/mol. The van der Waals surface area contributed by atoms with Gasteiger partial charge in [0.1, 0.15) is 12.2 Å². The summed E-state index contributed by atoms with van der Waals surface area (Å²) in [6.07, 6.45) is 0. The van der Waals surface area contributed by atoms with Gasteiger partial charge in [-0.3, -0.25) is 19.4 Å². The van der Waals surface area contributed by atoms with E-state index in [1.807, 2.05) is 24.3 Å². The molecule has 0 N–H and O–H groups in total. The number of anilines is 1. The number of rotatable bonds is 6. The largest absolute Gasteiger partial charge is 0.460 e. The fourth-order valence-electron chi connectivity index (χ4n) is 3.22. The normalized spacial score (nSPS) is 16.4. The van der Waals surface area contributed by atoms with Crippen molar-refractivity contribution in [3.63, 3.8) is 0 Å². The van der Waals surface area contributed by atoms with Crippen LogP contribution < -0.4 is 4.90 Å². The zero-order valence-electron chi connectivity index (χ0n) is 17.1. The van der Waals surface area contributed by atoms with Gasteiger partial charge in [-0.15, -0.1) is 0 Å². The number of likely N-dealkylation sites (N-methyl/N-ethyl adjacent to an activating group) is 2. The standard InChI is InChI=1S/C21H23N3O5S/c1-5-22-17(25)16(18(26)23(6-2)21(22)28)19-24(11-12-29-20(27)13(3)4)14-9-7-8-10-15(14)30-19/h7-10H,3,5-6,11-12H2,1-2,4H3. The topological polar surface area (TPSA) is 87.2 Å². The Morgan fingerprint density at radius 3 is 2.20 bits per heavy atom. The number of amides is 4. The molecule has 0 saturated carbocycles. The van der Waals surface area contributed by atoms with E-state index >= 15 is 0 Å². The number of urea groups is 1. The molecular weight excluding hydrogens is 406 g/mol. The molecule has 1 fully saturated rings. The predicted molar refractivity (Wildman–Crippen MR) is 113 cm³/mol. The maximum absolute atomic E-state index is 13.1. The zero-order chi connectivity index (χ0) is 22.0. The molecule has 158 valence electrons. The van der Waals surface area contributed by atoms with Gasteiger partial charge in [0.2, 0.25) is 0 Å². The van der Waals surface area contributed by atoms with E-state index in [1.165, 1.54) is 11.8 Å². The van der Waals surface area contributed by atoms with Gasteiger partial charge in [0.25, 0.3) is 11.8 Å². The minimum atomic E-state index is -0.614. The van der Waals surface area contributed by atoms with Gasteiger partial charge in [0.05, 0.1) is 17.3 Å². The Morgan fingerprint density at radius 1 is 1.03 bits per heavy atom. The number of thioether (sulfide) groups is 1. The lowest BCUT2D eigenvalue weighted by atomic mass is 10.1. The third kappa shape index (κ3) is 3.72. The first-order valence-electron chi connectivity index (χ1n) is 9.60. The molecule has 9 heteroatoms. The quantitative estimate of drug-likeness (QED) is 0.390. The minimum absolute atomic E-state index is 0.0493. The smallest absolute Gasteiger partial charge is 0.333 e. The fraction of sp³-hybridized carbons (Fsp3) is 0.333. The first-order valence-corrected chi connectivity index (χ1v) is 10.4. The fourth-order valence-corrected chi connectivity index (χ4v) is 4.43. The van der Waals surface area contributed by atoms with Gasteiger partial charge >= 0.3 is 12.0 Å². The Balaban J connectivity index is 2.02. The second kappa shape index (κ2) is 8.74. The predicted octanol–water partition coefficient (Wildman–Crippen LogP) is 2.76. The number of hydrogen-bond donors (Lipinski definition) is 0. The van der Waals surface area contributed by atoms with Crippen LogP contribution in [0.2, 0.25) is 0 Å². The molecule has 1 aromatic rings. The number of ether oxygens (including phenoxy) is 1. The molecule has 30 heavy (non-hydrogen) atoms. The van der Waals surface area contributed by atoms with Crippen LogP contribution in [0.1, 0.15) is 20.8 Å². The van der Waals surface area contributed by atoms with Crippen molar-refractivity contribution in [2.24, 2.45) is 0 Å². The van der Waals surface area contributed by atoms with Gasteiger partial charge in [-0.05, 0) is 32.9 Å². The van der Waals surface area contributed by atoms with Gasteiger partial charge in [-0.25, -0.2) is 9.59 Å². The lowest BCUT2D eigenvalue weighted by Gasteiger charge is -2.34. The van der Waals surface area contributed by atoms with E-state index < -0.39 is 23.8 Å². The molecule has 2 heterocycles. The van der Waals surface area contributed by atoms with Gasteiger partial charge < -0.3 is 9.64 Å². The summed E-state index contributed by atoms with van der Waals surface area (Å²) in [5.41, 5.74) is 1.05. The van der Waals surface area contributed by atoms with E-state index in [2.05, 4.69) is 6.58 Å². The number of benzene rings is 1. The lowest BCUT2D eigenvalue weighted by Crippen LogP contribution is -2.56. The van der Waals surface area contributed by atoms with Crippen molar-refractivity contribution in [2.75, 3.05) is 31.1 Å². The van der Waals surface area contributed by atoms with Crippen LogP contribution in [-0.2, 0) is 19.1 Å². The summed E-state index contributed by atoms with van der Waals surface area (Å²) in [6.45, 7) is 9.11. The molecule has 1 aromatic carbocycles. The third-order valence-electron chi connectivity index (χ3n) is 4.73.